The van der Waals surface area contributed by atoms with Crippen LogP contribution >= 0.6 is 0 Å². The second-order valence-electron chi connectivity index (χ2n) is 3.06. The molecule has 11 nitrogen and oxygen atoms in total. The number of hydrogen-bond acceptors (Lipinski definition) is 7. The topological polar surface area (TPSA) is 239 Å². The summed E-state index contributed by atoms with van der Waals surface area (Å²) >= 11 is 0. The van der Waals surface area contributed by atoms with E-state index >= 15 is 0 Å². The lowest BCUT2D eigenvalue weighted by molar-refractivity contribution is -0.143. The van der Waals surface area contributed by atoms with Crippen LogP contribution in [-0.2, 0) is 19.2 Å². The summed E-state index contributed by atoms with van der Waals surface area (Å²) in [6, 6.07) is 0. The number of carboxylic acid groups (broad SMARTS) is 4. The summed E-state index contributed by atoms with van der Waals surface area (Å²) in [6.45, 7) is 1.75. The van der Waals surface area contributed by atoms with Gasteiger partial charge in [0.1, 0.15) is 0 Å². The predicted molar refractivity (Wildman–Crippen MR) is 76.5 cm³/mol. The molecule has 0 amide bonds. The van der Waals surface area contributed by atoms with Crippen molar-refractivity contribution in [1.82, 2.24) is 12.3 Å². The summed E-state index contributed by atoms with van der Waals surface area (Å²) in [6.07, 6.45) is 1.37. The Morgan fingerprint density at radius 3 is 0.864 bits per heavy atom. The zero-order valence-electron chi connectivity index (χ0n) is 12.3. The highest BCUT2D eigenvalue weighted by Gasteiger charge is 2.00. The Labute approximate surface area is 127 Å². The number of carbonyl (C=O) groups is 4. The molecular weight excluding hydrogens is 304 g/mol. The molecule has 0 aliphatic rings. The number of aliphatic hydroxyl groups excluding tert-OH is 1. The van der Waals surface area contributed by atoms with Gasteiger partial charge in [0.15, 0.2) is 0 Å². The molecule has 0 spiro atoms. The number of hydrogen-bond donors (Lipinski definition) is 7. The molecule has 0 aromatic rings. The SMILES string of the molecule is C/C=C/O.N.N.O=C(O)CCC(=O)O.O=C(O)CCC(=O)O. The lowest BCUT2D eigenvalue weighted by Gasteiger charge is -1.85. The molecule has 0 unspecified atom stereocenters. The van der Waals surface area contributed by atoms with E-state index in [1.54, 1.807) is 13.0 Å². The minimum absolute atomic E-state index is 0. The van der Waals surface area contributed by atoms with Gasteiger partial charge in [-0.25, -0.2) is 0 Å². The molecule has 0 radical (unpaired) electrons. The van der Waals surface area contributed by atoms with Gasteiger partial charge < -0.3 is 37.8 Å². The number of aliphatic hydroxyl groups is 1. The van der Waals surface area contributed by atoms with Crippen molar-refractivity contribution in [2.24, 2.45) is 0 Å². The second kappa shape index (κ2) is 23.4. The maximum atomic E-state index is 9.64. The normalized spacial score (nSPS) is 7.86. The Bertz CT molecular complexity index is 282. The number of rotatable bonds is 6. The van der Waals surface area contributed by atoms with Crippen LogP contribution in [0.2, 0.25) is 0 Å². The highest BCUT2D eigenvalue weighted by molar-refractivity contribution is 5.75. The monoisotopic (exact) mass is 328 g/mol. The number of carboxylic acids is 4. The largest absolute Gasteiger partial charge is 0.516 e. The van der Waals surface area contributed by atoms with Crippen molar-refractivity contribution in [3.8, 4) is 0 Å². The van der Waals surface area contributed by atoms with E-state index in [9.17, 15) is 19.2 Å². The molecule has 0 rings (SSSR count). The third kappa shape index (κ3) is 66.6. The zero-order chi connectivity index (χ0) is 16.6. The Morgan fingerprint density at radius 2 is 0.818 bits per heavy atom. The second-order valence-corrected chi connectivity index (χ2v) is 3.06. The van der Waals surface area contributed by atoms with E-state index in [1.165, 1.54) is 0 Å². The predicted octanol–water partition coefficient (Wildman–Crippen LogP) is 1.27. The Balaban J connectivity index is -0.0000000661. The first-order chi connectivity index (χ1) is 9.17. The summed E-state index contributed by atoms with van der Waals surface area (Å²) in [5, 5.41) is 39.3. The van der Waals surface area contributed by atoms with Crippen LogP contribution in [0.3, 0.4) is 0 Å². The fraction of sp³-hybridized carbons (Fsp3) is 0.455. The Kier molecular flexibility index (Phi) is 33.7. The number of aliphatic carboxylic acids is 4. The van der Waals surface area contributed by atoms with E-state index in [2.05, 4.69) is 0 Å². The smallest absolute Gasteiger partial charge is 0.303 e. The van der Waals surface area contributed by atoms with Gasteiger partial charge in [-0.1, -0.05) is 6.08 Å². The molecule has 0 bridgehead atoms. The van der Waals surface area contributed by atoms with Crippen molar-refractivity contribution < 1.29 is 44.7 Å². The van der Waals surface area contributed by atoms with E-state index in [0.29, 0.717) is 0 Å². The van der Waals surface area contributed by atoms with Crippen molar-refractivity contribution >= 4 is 23.9 Å². The molecule has 0 aliphatic carbocycles. The zero-order valence-corrected chi connectivity index (χ0v) is 12.3. The van der Waals surface area contributed by atoms with Crippen LogP contribution in [-0.4, -0.2) is 49.4 Å². The summed E-state index contributed by atoms with van der Waals surface area (Å²) in [7, 11) is 0. The van der Waals surface area contributed by atoms with Gasteiger partial charge in [-0.3, -0.25) is 19.2 Å². The van der Waals surface area contributed by atoms with Crippen molar-refractivity contribution in [2.45, 2.75) is 32.6 Å². The average Bonchev–Trinajstić information content (AvgIpc) is 2.35. The van der Waals surface area contributed by atoms with Crippen molar-refractivity contribution in [3.05, 3.63) is 12.3 Å². The minimum Gasteiger partial charge on any atom is -0.516 e. The summed E-state index contributed by atoms with van der Waals surface area (Å²) in [4.78, 5) is 38.6. The molecule has 0 saturated carbocycles. The maximum Gasteiger partial charge on any atom is 0.303 e. The average molecular weight is 328 g/mol. The molecule has 0 atom stereocenters. The van der Waals surface area contributed by atoms with Gasteiger partial charge in [0, 0.05) is 0 Å². The van der Waals surface area contributed by atoms with Crippen LogP contribution in [0.25, 0.3) is 0 Å². The Morgan fingerprint density at radius 1 is 0.682 bits per heavy atom. The molecule has 0 fully saturated rings. The molecule has 0 aromatic heterocycles. The summed E-state index contributed by atoms with van der Waals surface area (Å²) in [5.74, 6) is -4.31. The van der Waals surface area contributed by atoms with E-state index in [1.807, 2.05) is 0 Å². The molecule has 0 heterocycles. The van der Waals surface area contributed by atoms with Crippen molar-refractivity contribution in [3.63, 3.8) is 0 Å². The molecule has 0 saturated heterocycles. The fourth-order valence-corrected chi connectivity index (χ4v) is 0.428. The first-order valence-electron chi connectivity index (χ1n) is 5.29. The van der Waals surface area contributed by atoms with Gasteiger partial charge >= 0.3 is 23.9 Å². The van der Waals surface area contributed by atoms with E-state index in [-0.39, 0.29) is 38.0 Å². The summed E-state index contributed by atoms with van der Waals surface area (Å²) < 4.78 is 0. The fourth-order valence-electron chi connectivity index (χ4n) is 0.428. The standard InChI is InChI=1S/2C4H6O4.C3H6O.2H3N/c2*5-3(6)1-2-4(7)8;1-2-3-4;;/h2*1-2H2,(H,5,6)(H,7,8);2-4H,1H3;2*1H3/b;;3-2+;;. The third-order valence-electron chi connectivity index (χ3n) is 1.25. The highest BCUT2D eigenvalue weighted by atomic mass is 16.4. The molecule has 11 heteroatoms. The highest BCUT2D eigenvalue weighted by Crippen LogP contribution is 1.86. The van der Waals surface area contributed by atoms with Crippen LogP contribution in [0.15, 0.2) is 12.3 Å². The van der Waals surface area contributed by atoms with Crippen LogP contribution in [0.1, 0.15) is 32.6 Å². The molecule has 0 aliphatic heterocycles. The molecule has 22 heavy (non-hydrogen) atoms. The van der Waals surface area contributed by atoms with Gasteiger partial charge in [0.05, 0.1) is 31.9 Å². The molecular formula is C11H24N2O9. The van der Waals surface area contributed by atoms with E-state index in [4.69, 9.17) is 25.5 Å². The van der Waals surface area contributed by atoms with Crippen molar-refractivity contribution in [1.29, 1.82) is 0 Å². The Hall–Kier alpha value is -2.66. The van der Waals surface area contributed by atoms with E-state index in [0.717, 1.165) is 6.26 Å². The van der Waals surface area contributed by atoms with Gasteiger partial charge in [-0.15, -0.1) is 0 Å². The minimum atomic E-state index is -1.08. The number of allylic oxidation sites excluding steroid dienone is 1. The summed E-state index contributed by atoms with van der Waals surface area (Å²) in [5.41, 5.74) is 0. The van der Waals surface area contributed by atoms with Crippen LogP contribution < -0.4 is 12.3 Å². The molecule has 132 valence electrons. The van der Waals surface area contributed by atoms with Gasteiger partial charge in [-0.2, -0.15) is 0 Å². The van der Waals surface area contributed by atoms with E-state index < -0.39 is 23.9 Å². The van der Waals surface area contributed by atoms with Crippen molar-refractivity contribution in [2.75, 3.05) is 0 Å². The molecule has 11 N–H and O–H groups in total. The lowest BCUT2D eigenvalue weighted by atomic mass is 10.3. The van der Waals surface area contributed by atoms with Crippen LogP contribution in [0.4, 0.5) is 0 Å². The molecule has 0 aromatic carbocycles. The van der Waals surface area contributed by atoms with Gasteiger partial charge in [0.2, 0.25) is 0 Å². The lowest BCUT2D eigenvalue weighted by Crippen LogP contribution is -2.00. The van der Waals surface area contributed by atoms with Gasteiger partial charge in [-0.05, 0) is 6.92 Å². The van der Waals surface area contributed by atoms with Gasteiger partial charge in [0.25, 0.3) is 0 Å². The third-order valence-corrected chi connectivity index (χ3v) is 1.25. The first-order valence-corrected chi connectivity index (χ1v) is 5.29. The van der Waals surface area contributed by atoms with Crippen LogP contribution in [0.5, 0.6) is 0 Å². The first kappa shape index (κ1) is 31.6. The van der Waals surface area contributed by atoms with Crippen LogP contribution in [0, 0.1) is 0 Å². The quantitative estimate of drug-likeness (QED) is 0.342. The maximum absolute atomic E-state index is 9.64.